The van der Waals surface area contributed by atoms with E-state index in [-0.39, 0.29) is 18.9 Å². The van der Waals surface area contributed by atoms with E-state index < -0.39 is 86.8 Å². The van der Waals surface area contributed by atoms with Gasteiger partial charge in [-0.3, -0.25) is 4.79 Å². The van der Waals surface area contributed by atoms with E-state index in [1.54, 1.807) is 6.08 Å². The van der Waals surface area contributed by atoms with Crippen molar-refractivity contribution in [2.75, 3.05) is 19.8 Å². The molecule has 0 aromatic rings. The van der Waals surface area contributed by atoms with E-state index in [0.29, 0.717) is 12.8 Å². The highest BCUT2D eigenvalue weighted by Crippen LogP contribution is 2.30. The van der Waals surface area contributed by atoms with Crippen molar-refractivity contribution in [3.63, 3.8) is 0 Å². The van der Waals surface area contributed by atoms with Crippen LogP contribution in [0.3, 0.4) is 0 Å². The molecule has 2 aliphatic rings. The quantitative estimate of drug-likeness (QED) is 0.0204. The number of allylic oxidation sites excluding steroid dienone is 5. The van der Waals surface area contributed by atoms with Gasteiger partial charge in [-0.15, -0.1) is 0 Å². The van der Waals surface area contributed by atoms with E-state index in [0.717, 1.165) is 44.9 Å². The molecule has 2 fully saturated rings. The van der Waals surface area contributed by atoms with Gasteiger partial charge in [0.25, 0.3) is 0 Å². The minimum Gasteiger partial charge on any atom is -0.394 e. The molecule has 470 valence electrons. The van der Waals surface area contributed by atoms with Crippen LogP contribution >= 0.6 is 0 Å². The molecule has 0 bridgehead atoms. The Morgan fingerprint density at radius 1 is 0.438 bits per heavy atom. The van der Waals surface area contributed by atoms with E-state index in [1.807, 2.05) is 6.08 Å². The topological polar surface area (TPSA) is 228 Å². The van der Waals surface area contributed by atoms with E-state index in [9.17, 15) is 45.6 Å². The second kappa shape index (κ2) is 51.6. The molecule has 9 N–H and O–H groups in total. The number of carbonyl (C=O) groups is 1. The number of unbranched alkanes of at least 4 members (excludes halogenated alkanes) is 37. The molecular formula is C66H123NO13. The number of carbonyl (C=O) groups excluding carboxylic acids is 1. The largest absolute Gasteiger partial charge is 0.394 e. The molecule has 12 atom stereocenters. The lowest BCUT2D eigenvalue weighted by atomic mass is 9.97. The maximum Gasteiger partial charge on any atom is 0.220 e. The number of amides is 1. The highest BCUT2D eigenvalue weighted by atomic mass is 16.7. The summed E-state index contributed by atoms with van der Waals surface area (Å²) in [6, 6.07) is -0.936. The molecule has 12 unspecified atom stereocenters. The summed E-state index contributed by atoms with van der Waals surface area (Å²) < 4.78 is 22.8. The van der Waals surface area contributed by atoms with Gasteiger partial charge in [0.2, 0.25) is 5.91 Å². The van der Waals surface area contributed by atoms with Crippen LogP contribution in [0.25, 0.3) is 0 Å². The molecule has 2 rings (SSSR count). The van der Waals surface area contributed by atoms with Crippen molar-refractivity contribution in [3.8, 4) is 0 Å². The highest BCUT2D eigenvalue weighted by molar-refractivity contribution is 5.76. The minimum atomic E-state index is -1.79. The Balaban J connectivity index is 1.70. The summed E-state index contributed by atoms with van der Waals surface area (Å²) in [4.78, 5) is 13.3. The molecule has 2 aliphatic heterocycles. The first-order valence-corrected chi connectivity index (χ1v) is 33.2. The summed E-state index contributed by atoms with van der Waals surface area (Å²) in [5, 5.41) is 87.2. The fourth-order valence-electron chi connectivity index (χ4n) is 11.0. The summed E-state index contributed by atoms with van der Waals surface area (Å²) in [5.41, 5.74) is 0. The van der Waals surface area contributed by atoms with E-state index in [2.05, 4.69) is 43.5 Å². The van der Waals surface area contributed by atoms with Gasteiger partial charge >= 0.3 is 0 Å². The third kappa shape index (κ3) is 36.1. The zero-order valence-electron chi connectivity index (χ0n) is 50.8. The van der Waals surface area contributed by atoms with Crippen LogP contribution in [0, 0.1) is 0 Å². The predicted octanol–water partition coefficient (Wildman–Crippen LogP) is 12.6. The van der Waals surface area contributed by atoms with Crippen molar-refractivity contribution in [3.05, 3.63) is 36.5 Å². The van der Waals surface area contributed by atoms with Crippen LogP contribution < -0.4 is 5.32 Å². The minimum absolute atomic E-state index is 0.250. The van der Waals surface area contributed by atoms with Crippen LogP contribution in [0.4, 0.5) is 0 Å². The second-order valence-corrected chi connectivity index (χ2v) is 23.6. The number of rotatable bonds is 54. The Morgan fingerprint density at radius 3 is 1.23 bits per heavy atom. The smallest absolute Gasteiger partial charge is 0.220 e. The fraction of sp³-hybridized carbons (Fsp3) is 0.894. The van der Waals surface area contributed by atoms with Crippen LogP contribution in [0.2, 0.25) is 0 Å². The Hall–Kier alpha value is -1.79. The normalized spacial score (nSPS) is 24.4. The summed E-state index contributed by atoms with van der Waals surface area (Å²) in [6.45, 7) is 2.80. The summed E-state index contributed by atoms with van der Waals surface area (Å²) in [7, 11) is 0. The van der Waals surface area contributed by atoms with E-state index in [4.69, 9.17) is 18.9 Å². The first-order chi connectivity index (χ1) is 39.1. The molecule has 0 aromatic heterocycles. The lowest BCUT2D eigenvalue weighted by molar-refractivity contribution is -0.359. The summed E-state index contributed by atoms with van der Waals surface area (Å²) >= 11 is 0. The van der Waals surface area contributed by atoms with Crippen LogP contribution in [0.5, 0.6) is 0 Å². The molecule has 2 saturated heterocycles. The van der Waals surface area contributed by atoms with Gasteiger partial charge in [-0.05, 0) is 44.9 Å². The number of ether oxygens (including phenoxy) is 4. The summed E-state index contributed by atoms with van der Waals surface area (Å²) in [5.74, 6) is -0.250. The Labute approximate surface area is 487 Å². The second-order valence-electron chi connectivity index (χ2n) is 23.6. The first kappa shape index (κ1) is 74.3. The van der Waals surface area contributed by atoms with Crippen molar-refractivity contribution in [1.82, 2.24) is 5.32 Å². The molecule has 14 heteroatoms. The van der Waals surface area contributed by atoms with Crippen LogP contribution in [0.1, 0.15) is 284 Å². The van der Waals surface area contributed by atoms with Gasteiger partial charge in [0, 0.05) is 6.42 Å². The molecule has 0 spiro atoms. The number of nitrogens with one attached hydrogen (secondary N) is 1. The third-order valence-corrected chi connectivity index (χ3v) is 16.3. The van der Waals surface area contributed by atoms with Crippen LogP contribution in [-0.4, -0.2) is 140 Å². The number of hydrogen-bond acceptors (Lipinski definition) is 13. The maximum atomic E-state index is 13.3. The van der Waals surface area contributed by atoms with Gasteiger partial charge < -0.3 is 65.1 Å². The van der Waals surface area contributed by atoms with Crippen LogP contribution in [-0.2, 0) is 23.7 Å². The number of aliphatic hydroxyl groups is 8. The number of aliphatic hydroxyl groups excluding tert-OH is 8. The maximum absolute atomic E-state index is 13.3. The van der Waals surface area contributed by atoms with Gasteiger partial charge in [-0.1, -0.05) is 269 Å². The van der Waals surface area contributed by atoms with Crippen molar-refractivity contribution in [2.24, 2.45) is 0 Å². The van der Waals surface area contributed by atoms with Crippen molar-refractivity contribution in [1.29, 1.82) is 0 Å². The molecule has 2 heterocycles. The monoisotopic (exact) mass is 1140 g/mol. The average molecular weight is 1140 g/mol. The SMILES string of the molecule is CCCCCCCCCCCCCCCCCCCCCCC/C=C/CC/C=C/CC/C=C/C(O)C(COC1OC(CO)C(OC2OC(CO)C(O)C(O)C2O)C(O)C1O)NC(=O)CCCCCCCCCCCCCCCCC. The molecule has 14 nitrogen and oxygen atoms in total. The molecule has 0 aliphatic carbocycles. The molecule has 80 heavy (non-hydrogen) atoms. The Morgan fingerprint density at radius 2 is 0.800 bits per heavy atom. The first-order valence-electron chi connectivity index (χ1n) is 33.2. The lowest BCUT2D eigenvalue weighted by Gasteiger charge is -2.46. The molecular weight excluding hydrogens is 1010 g/mol. The zero-order chi connectivity index (χ0) is 58.1. The fourth-order valence-corrected chi connectivity index (χ4v) is 11.0. The molecule has 0 saturated carbocycles. The van der Waals surface area contributed by atoms with Crippen molar-refractivity contribution < 1.29 is 64.6 Å². The van der Waals surface area contributed by atoms with E-state index in [1.165, 1.54) is 205 Å². The summed E-state index contributed by atoms with van der Waals surface area (Å²) in [6.07, 6.45) is 47.8. The lowest BCUT2D eigenvalue weighted by Crippen LogP contribution is -2.65. The van der Waals surface area contributed by atoms with Gasteiger partial charge in [0.1, 0.15) is 48.8 Å². The Bertz CT molecular complexity index is 1480. The van der Waals surface area contributed by atoms with Crippen molar-refractivity contribution in [2.45, 2.75) is 357 Å². The van der Waals surface area contributed by atoms with Gasteiger partial charge in [0.05, 0.1) is 32.0 Å². The number of hydrogen-bond donors (Lipinski definition) is 9. The average Bonchev–Trinajstić information content (AvgIpc) is 3.46. The van der Waals surface area contributed by atoms with Crippen molar-refractivity contribution >= 4 is 5.91 Å². The Kier molecular flexibility index (Phi) is 47.9. The van der Waals surface area contributed by atoms with E-state index >= 15 is 0 Å². The third-order valence-electron chi connectivity index (χ3n) is 16.3. The van der Waals surface area contributed by atoms with Gasteiger partial charge in [-0.25, -0.2) is 0 Å². The zero-order valence-corrected chi connectivity index (χ0v) is 50.8. The predicted molar refractivity (Wildman–Crippen MR) is 323 cm³/mol. The molecule has 0 radical (unpaired) electrons. The standard InChI is InChI=1S/C66H123NO13/c1-3-5-7-9-11-13-15-17-19-20-21-22-23-24-25-26-27-28-29-30-31-32-33-34-36-37-39-41-43-45-47-49-55(70)54(67-58(71)50-48-46-44-42-40-38-35-18-16-14-12-10-8-6-4-2)53-77-65-63(76)61(74)64(57(52-69)79-65)80-66-62(75)60(73)59(72)56(51-68)78-66/h33-34,39,41,47,49,54-57,59-66,68-70,72-76H,3-32,35-38,40,42-46,48,50-53H2,1-2H3,(H,67,71)/b34-33+,41-39+,49-47+. The molecule has 0 aromatic carbocycles. The highest BCUT2D eigenvalue weighted by Gasteiger charge is 2.51. The van der Waals surface area contributed by atoms with Gasteiger partial charge in [-0.2, -0.15) is 0 Å². The molecule has 1 amide bonds. The van der Waals surface area contributed by atoms with Crippen LogP contribution in [0.15, 0.2) is 36.5 Å². The van der Waals surface area contributed by atoms with Gasteiger partial charge in [0.15, 0.2) is 12.6 Å².